The number of carbonyl (C=O) groups is 1. The lowest BCUT2D eigenvalue weighted by Crippen LogP contribution is -2.41. The minimum atomic E-state index is 0. The molecule has 1 aliphatic carbocycles. The average molecular weight is 458 g/mol. The van der Waals surface area contributed by atoms with Crippen LogP contribution in [0.5, 0.6) is 0 Å². The van der Waals surface area contributed by atoms with Crippen molar-refractivity contribution in [3.8, 4) is 0 Å². The fourth-order valence-electron chi connectivity index (χ4n) is 3.03. The zero-order valence-electron chi connectivity index (χ0n) is 15.3. The highest BCUT2D eigenvalue weighted by Gasteiger charge is 2.17. The van der Waals surface area contributed by atoms with E-state index in [9.17, 15) is 4.79 Å². The SMILES string of the molecule is CN(C)C(=NCc1ccccc1)NCCNC(=O)CC1CCCC1.I. The zero-order valence-corrected chi connectivity index (χ0v) is 17.7. The first-order valence-corrected chi connectivity index (χ1v) is 8.91. The molecule has 5 nitrogen and oxygen atoms in total. The fraction of sp³-hybridized carbons (Fsp3) is 0.579. The summed E-state index contributed by atoms with van der Waals surface area (Å²) in [5.74, 6) is 1.61. The molecule has 0 aromatic heterocycles. The van der Waals surface area contributed by atoms with Crippen molar-refractivity contribution >= 4 is 35.8 Å². The van der Waals surface area contributed by atoms with Crippen molar-refractivity contribution in [2.24, 2.45) is 10.9 Å². The van der Waals surface area contributed by atoms with Crippen LogP contribution in [0.1, 0.15) is 37.7 Å². The van der Waals surface area contributed by atoms with Crippen LogP contribution in [0.15, 0.2) is 35.3 Å². The van der Waals surface area contributed by atoms with Gasteiger partial charge in [-0.3, -0.25) is 4.79 Å². The predicted molar refractivity (Wildman–Crippen MR) is 114 cm³/mol. The van der Waals surface area contributed by atoms with E-state index in [1.807, 2.05) is 37.2 Å². The molecular formula is C19H31IN4O. The molecule has 25 heavy (non-hydrogen) atoms. The van der Waals surface area contributed by atoms with Crippen LogP contribution in [0.2, 0.25) is 0 Å². The molecule has 0 heterocycles. The molecule has 1 saturated carbocycles. The molecular weight excluding hydrogens is 427 g/mol. The van der Waals surface area contributed by atoms with E-state index in [-0.39, 0.29) is 29.9 Å². The number of amides is 1. The van der Waals surface area contributed by atoms with Crippen molar-refractivity contribution in [3.63, 3.8) is 0 Å². The Morgan fingerprint density at radius 2 is 1.76 bits per heavy atom. The first kappa shape index (κ1) is 21.7. The maximum atomic E-state index is 11.9. The molecule has 1 amide bonds. The largest absolute Gasteiger partial charge is 0.354 e. The summed E-state index contributed by atoms with van der Waals surface area (Å²) in [5, 5.41) is 6.30. The van der Waals surface area contributed by atoms with Gasteiger partial charge < -0.3 is 15.5 Å². The van der Waals surface area contributed by atoms with Crippen molar-refractivity contribution < 1.29 is 4.79 Å². The van der Waals surface area contributed by atoms with Gasteiger partial charge in [-0.25, -0.2) is 4.99 Å². The molecule has 1 fully saturated rings. The second-order valence-electron chi connectivity index (χ2n) is 6.65. The van der Waals surface area contributed by atoms with Gasteiger partial charge in [0.05, 0.1) is 6.54 Å². The van der Waals surface area contributed by atoms with E-state index in [1.54, 1.807) is 0 Å². The zero-order chi connectivity index (χ0) is 17.2. The lowest BCUT2D eigenvalue weighted by atomic mass is 10.0. The maximum Gasteiger partial charge on any atom is 0.220 e. The maximum absolute atomic E-state index is 11.9. The van der Waals surface area contributed by atoms with Gasteiger partial charge in [-0.1, -0.05) is 43.2 Å². The van der Waals surface area contributed by atoms with Gasteiger partial charge in [-0.15, -0.1) is 24.0 Å². The summed E-state index contributed by atoms with van der Waals surface area (Å²) in [4.78, 5) is 18.5. The Bertz CT molecular complexity index is 527. The number of aliphatic imine (C=N–C) groups is 1. The Hall–Kier alpha value is -1.31. The Morgan fingerprint density at radius 1 is 1.12 bits per heavy atom. The standard InChI is InChI=1S/C19H30N4O.HI/c1-23(2)19(22-15-17-10-4-3-5-11-17)21-13-12-20-18(24)14-16-8-6-7-9-16;/h3-5,10-11,16H,6-9,12-15H2,1-2H3,(H,20,24)(H,21,22);1H. The molecule has 1 aromatic carbocycles. The van der Waals surface area contributed by atoms with Gasteiger partial charge >= 0.3 is 0 Å². The Balaban J connectivity index is 0.00000312. The third-order valence-corrected chi connectivity index (χ3v) is 4.36. The van der Waals surface area contributed by atoms with Crippen molar-refractivity contribution in [3.05, 3.63) is 35.9 Å². The summed E-state index contributed by atoms with van der Waals surface area (Å²) in [6, 6.07) is 10.2. The normalized spacial score (nSPS) is 14.7. The number of carbonyl (C=O) groups excluding carboxylic acids is 1. The molecule has 6 heteroatoms. The van der Waals surface area contributed by atoms with Gasteiger partial charge in [-0.2, -0.15) is 0 Å². The number of benzene rings is 1. The highest BCUT2D eigenvalue weighted by molar-refractivity contribution is 14.0. The Morgan fingerprint density at radius 3 is 2.40 bits per heavy atom. The van der Waals surface area contributed by atoms with Crippen molar-refractivity contribution in [2.45, 2.75) is 38.6 Å². The van der Waals surface area contributed by atoms with E-state index in [4.69, 9.17) is 0 Å². The van der Waals surface area contributed by atoms with Crippen LogP contribution in [0.3, 0.4) is 0 Å². The summed E-state index contributed by atoms with van der Waals surface area (Å²) in [6.07, 6.45) is 5.67. The molecule has 1 aliphatic rings. The molecule has 0 spiro atoms. The Labute approximate surface area is 168 Å². The van der Waals surface area contributed by atoms with E-state index >= 15 is 0 Å². The van der Waals surface area contributed by atoms with Crippen LogP contribution in [0.25, 0.3) is 0 Å². The third-order valence-electron chi connectivity index (χ3n) is 4.36. The third kappa shape index (κ3) is 8.56. The van der Waals surface area contributed by atoms with Crippen LogP contribution in [0.4, 0.5) is 0 Å². The molecule has 1 aromatic rings. The molecule has 0 unspecified atom stereocenters. The molecule has 140 valence electrons. The van der Waals surface area contributed by atoms with Gasteiger partial charge in [0.2, 0.25) is 5.91 Å². The van der Waals surface area contributed by atoms with Crippen molar-refractivity contribution in [1.82, 2.24) is 15.5 Å². The molecule has 2 rings (SSSR count). The molecule has 0 saturated heterocycles. The lowest BCUT2D eigenvalue weighted by Gasteiger charge is -2.18. The highest BCUT2D eigenvalue weighted by atomic mass is 127. The predicted octanol–water partition coefficient (Wildman–Crippen LogP) is 3.01. The quantitative estimate of drug-likeness (QED) is 0.286. The first-order valence-electron chi connectivity index (χ1n) is 8.91. The minimum Gasteiger partial charge on any atom is -0.354 e. The monoisotopic (exact) mass is 458 g/mol. The number of halogens is 1. The topological polar surface area (TPSA) is 56.7 Å². The molecule has 0 bridgehead atoms. The summed E-state index contributed by atoms with van der Waals surface area (Å²) in [7, 11) is 3.94. The molecule has 0 atom stereocenters. The van der Waals surface area contributed by atoms with Crippen LogP contribution in [-0.2, 0) is 11.3 Å². The van der Waals surface area contributed by atoms with Crippen LogP contribution >= 0.6 is 24.0 Å². The number of rotatable bonds is 7. The van der Waals surface area contributed by atoms with Crippen molar-refractivity contribution in [2.75, 3.05) is 27.2 Å². The fourth-order valence-corrected chi connectivity index (χ4v) is 3.03. The van der Waals surface area contributed by atoms with Gasteiger partial charge in [0.15, 0.2) is 5.96 Å². The number of hydrogen-bond acceptors (Lipinski definition) is 2. The van der Waals surface area contributed by atoms with E-state index in [2.05, 4.69) is 27.8 Å². The van der Waals surface area contributed by atoms with Crippen LogP contribution < -0.4 is 10.6 Å². The lowest BCUT2D eigenvalue weighted by molar-refractivity contribution is -0.121. The Kier molecular flexibility index (Phi) is 10.5. The molecule has 0 aliphatic heterocycles. The van der Waals surface area contributed by atoms with Crippen molar-refractivity contribution in [1.29, 1.82) is 0 Å². The number of nitrogens with one attached hydrogen (secondary N) is 2. The average Bonchev–Trinajstić information content (AvgIpc) is 3.07. The van der Waals surface area contributed by atoms with E-state index in [0.29, 0.717) is 32.0 Å². The van der Waals surface area contributed by atoms with E-state index in [1.165, 1.54) is 31.2 Å². The first-order chi connectivity index (χ1) is 11.6. The van der Waals surface area contributed by atoms with Gasteiger partial charge in [0.25, 0.3) is 0 Å². The van der Waals surface area contributed by atoms with E-state index < -0.39 is 0 Å². The van der Waals surface area contributed by atoms with Gasteiger partial charge in [0.1, 0.15) is 0 Å². The number of guanidine groups is 1. The summed E-state index contributed by atoms with van der Waals surface area (Å²) in [5.41, 5.74) is 1.18. The smallest absolute Gasteiger partial charge is 0.220 e. The molecule has 2 N–H and O–H groups in total. The van der Waals surface area contributed by atoms with Gasteiger partial charge in [0, 0.05) is 33.6 Å². The second kappa shape index (κ2) is 12.1. The van der Waals surface area contributed by atoms with Crippen LogP contribution in [0, 0.1) is 5.92 Å². The van der Waals surface area contributed by atoms with E-state index in [0.717, 1.165) is 5.96 Å². The summed E-state index contributed by atoms with van der Waals surface area (Å²) < 4.78 is 0. The summed E-state index contributed by atoms with van der Waals surface area (Å²) in [6.45, 7) is 1.96. The number of nitrogens with zero attached hydrogens (tertiary/aromatic N) is 2. The molecule has 0 radical (unpaired) electrons. The number of hydrogen-bond donors (Lipinski definition) is 2. The summed E-state index contributed by atoms with van der Waals surface area (Å²) >= 11 is 0. The highest BCUT2D eigenvalue weighted by Crippen LogP contribution is 2.27. The second-order valence-corrected chi connectivity index (χ2v) is 6.65. The van der Waals surface area contributed by atoms with Gasteiger partial charge in [-0.05, 0) is 24.3 Å². The minimum absolute atomic E-state index is 0. The van der Waals surface area contributed by atoms with Crippen LogP contribution in [-0.4, -0.2) is 44.0 Å².